The predicted octanol–water partition coefficient (Wildman–Crippen LogP) is 2.74. The number of rotatable bonds is 7. The molecule has 0 fully saturated rings. The second-order valence-corrected chi connectivity index (χ2v) is 5.88. The monoisotopic (exact) mass is 363 g/mol. The molecule has 0 aliphatic carbocycles. The zero-order chi connectivity index (χ0) is 19.2. The summed E-state index contributed by atoms with van der Waals surface area (Å²) in [5.74, 6) is 5.28. The molecule has 0 aliphatic heterocycles. The van der Waals surface area contributed by atoms with Crippen LogP contribution < -0.4 is 10.6 Å². The average Bonchev–Trinajstić information content (AvgIpc) is 2.61. The van der Waals surface area contributed by atoms with E-state index < -0.39 is 12.0 Å². The molecule has 1 aromatic heterocycles. The summed E-state index contributed by atoms with van der Waals surface area (Å²) in [4.78, 5) is 12.0. The van der Waals surface area contributed by atoms with Crippen molar-refractivity contribution in [3.8, 4) is 6.01 Å². The van der Waals surface area contributed by atoms with Crippen molar-refractivity contribution in [2.75, 3.05) is 6.61 Å². The van der Waals surface area contributed by atoms with Crippen LogP contribution in [0.25, 0.3) is 0 Å². The summed E-state index contributed by atoms with van der Waals surface area (Å²) in [6.07, 6.45) is 1.65. The van der Waals surface area contributed by atoms with Crippen LogP contribution in [0.3, 0.4) is 0 Å². The van der Waals surface area contributed by atoms with Crippen molar-refractivity contribution in [2.45, 2.75) is 25.9 Å². The lowest BCUT2D eigenvalue weighted by Crippen LogP contribution is -2.18. The highest BCUT2D eigenvalue weighted by atomic mass is 19.3. The normalized spacial score (nSPS) is 12.8. The Morgan fingerprint density at radius 3 is 2.62 bits per heavy atom. The summed E-state index contributed by atoms with van der Waals surface area (Å²) in [6, 6.07) is 5.73. The van der Waals surface area contributed by atoms with Gasteiger partial charge in [-0.3, -0.25) is 4.99 Å². The van der Waals surface area contributed by atoms with E-state index in [2.05, 4.69) is 20.1 Å². The van der Waals surface area contributed by atoms with Gasteiger partial charge < -0.3 is 15.7 Å². The number of hydrogen-bond donors (Lipinski definition) is 2. The Balaban J connectivity index is 1.98. The van der Waals surface area contributed by atoms with E-state index in [-0.39, 0.29) is 23.9 Å². The molecule has 0 aliphatic rings. The Bertz CT molecular complexity index is 786. The third-order valence-corrected chi connectivity index (χ3v) is 3.33. The van der Waals surface area contributed by atoms with E-state index in [1.54, 1.807) is 19.9 Å². The number of aromatic nitrogens is 2. The molecule has 0 spiro atoms. The van der Waals surface area contributed by atoms with E-state index >= 15 is 0 Å². The average molecular weight is 363 g/mol. The molecule has 0 bridgehead atoms. The molecule has 7 nitrogen and oxygen atoms in total. The fourth-order valence-corrected chi connectivity index (χ4v) is 1.84. The topological polar surface area (TPSA) is 106 Å². The number of nitrogens with zero attached hydrogens (tertiary/aromatic N) is 4. The number of aliphatic imine (C=N–C) groups is 1. The molecule has 0 amide bonds. The number of alkyl halides is 2. The van der Waals surface area contributed by atoms with E-state index in [1.165, 1.54) is 36.8 Å². The highest BCUT2D eigenvalue weighted by Gasteiger charge is 2.17. The van der Waals surface area contributed by atoms with Crippen LogP contribution in [0.4, 0.5) is 14.5 Å². The fraction of sp³-hybridized carbons (Fsp3) is 0.294. The van der Waals surface area contributed by atoms with E-state index in [4.69, 9.17) is 10.6 Å². The summed E-state index contributed by atoms with van der Waals surface area (Å²) < 4.78 is 30.7. The van der Waals surface area contributed by atoms with Crippen LogP contribution in [0.1, 0.15) is 31.4 Å². The van der Waals surface area contributed by atoms with Gasteiger partial charge in [-0.1, -0.05) is 12.1 Å². The first kappa shape index (κ1) is 19.4. The zero-order valence-corrected chi connectivity index (χ0v) is 14.3. The minimum absolute atomic E-state index is 0.0591. The van der Waals surface area contributed by atoms with E-state index in [1.807, 2.05) is 0 Å². The van der Waals surface area contributed by atoms with Gasteiger partial charge in [0.2, 0.25) is 0 Å². The van der Waals surface area contributed by atoms with Gasteiger partial charge in [0.25, 0.3) is 6.43 Å². The molecule has 0 unspecified atom stereocenters. The molecule has 0 atom stereocenters. The predicted molar refractivity (Wildman–Crippen MR) is 93.9 cm³/mol. The first-order valence-corrected chi connectivity index (χ1v) is 7.66. The molecule has 1 heterocycles. The summed E-state index contributed by atoms with van der Waals surface area (Å²) in [5.41, 5.74) is -0.0280. The number of ether oxygens (including phenoxy) is 1. The Morgan fingerprint density at radius 1 is 1.35 bits per heavy atom. The van der Waals surface area contributed by atoms with E-state index in [9.17, 15) is 13.9 Å². The SMILES string of the molecule is CC(C)(O)c1cnc(OCC(C=Nc2cccc(C(F)F)c2)=NN)nc1. The molecule has 138 valence electrons. The molecule has 0 radical (unpaired) electrons. The second-order valence-electron chi connectivity index (χ2n) is 5.88. The van der Waals surface area contributed by atoms with Crippen LogP contribution in [-0.4, -0.2) is 33.6 Å². The first-order chi connectivity index (χ1) is 12.3. The zero-order valence-electron chi connectivity index (χ0n) is 14.3. The second kappa shape index (κ2) is 8.43. The van der Waals surface area contributed by atoms with Crippen molar-refractivity contribution >= 4 is 17.6 Å². The number of halogens is 2. The summed E-state index contributed by atoms with van der Waals surface area (Å²) in [6.45, 7) is 3.17. The molecular formula is C17H19F2N5O2. The number of aliphatic hydroxyl groups is 1. The van der Waals surface area contributed by atoms with Crippen LogP contribution >= 0.6 is 0 Å². The van der Waals surface area contributed by atoms with Crippen LogP contribution in [0.2, 0.25) is 0 Å². The van der Waals surface area contributed by atoms with Gasteiger partial charge in [0.05, 0.1) is 17.5 Å². The smallest absolute Gasteiger partial charge is 0.316 e. The van der Waals surface area contributed by atoms with Gasteiger partial charge in [-0.2, -0.15) is 5.10 Å². The Hall–Kier alpha value is -2.94. The van der Waals surface area contributed by atoms with Crippen molar-refractivity contribution in [2.24, 2.45) is 15.9 Å². The van der Waals surface area contributed by atoms with Gasteiger partial charge in [-0.15, -0.1) is 0 Å². The molecule has 9 heteroatoms. The summed E-state index contributed by atoms with van der Waals surface area (Å²) in [7, 11) is 0. The molecule has 3 N–H and O–H groups in total. The Morgan fingerprint density at radius 2 is 2.04 bits per heavy atom. The van der Waals surface area contributed by atoms with Gasteiger partial charge in [-0.25, -0.2) is 18.7 Å². The summed E-state index contributed by atoms with van der Waals surface area (Å²) in [5, 5.41) is 13.4. The van der Waals surface area contributed by atoms with Crippen LogP contribution in [0.5, 0.6) is 6.01 Å². The largest absolute Gasteiger partial charge is 0.457 e. The molecule has 0 saturated carbocycles. The fourth-order valence-electron chi connectivity index (χ4n) is 1.84. The maximum atomic E-state index is 12.7. The summed E-state index contributed by atoms with van der Waals surface area (Å²) >= 11 is 0. The molecule has 0 saturated heterocycles. The highest BCUT2D eigenvalue weighted by Crippen LogP contribution is 2.23. The van der Waals surface area contributed by atoms with E-state index in [0.717, 1.165) is 0 Å². The maximum absolute atomic E-state index is 12.7. The Kier molecular flexibility index (Phi) is 6.29. The lowest BCUT2D eigenvalue weighted by molar-refractivity contribution is 0.0776. The van der Waals surface area contributed by atoms with Crippen molar-refractivity contribution in [1.29, 1.82) is 0 Å². The molecule has 1 aromatic carbocycles. The maximum Gasteiger partial charge on any atom is 0.316 e. The van der Waals surface area contributed by atoms with Crippen molar-refractivity contribution in [1.82, 2.24) is 9.97 Å². The van der Waals surface area contributed by atoms with Crippen molar-refractivity contribution in [3.05, 3.63) is 47.8 Å². The van der Waals surface area contributed by atoms with Crippen molar-refractivity contribution in [3.63, 3.8) is 0 Å². The van der Waals surface area contributed by atoms with Gasteiger partial charge in [0.15, 0.2) is 0 Å². The molecule has 2 aromatic rings. The molecular weight excluding hydrogens is 344 g/mol. The number of hydrogen-bond acceptors (Lipinski definition) is 7. The van der Waals surface area contributed by atoms with Gasteiger partial charge in [0, 0.05) is 23.5 Å². The van der Waals surface area contributed by atoms with Crippen molar-refractivity contribution < 1.29 is 18.6 Å². The third kappa shape index (κ3) is 5.55. The third-order valence-electron chi connectivity index (χ3n) is 3.33. The van der Waals surface area contributed by atoms with Crippen LogP contribution in [0, 0.1) is 0 Å². The quantitative estimate of drug-likeness (QED) is 0.447. The lowest BCUT2D eigenvalue weighted by atomic mass is 10.0. The van der Waals surface area contributed by atoms with Gasteiger partial charge in [-0.05, 0) is 26.0 Å². The van der Waals surface area contributed by atoms with Crippen LogP contribution in [-0.2, 0) is 5.60 Å². The minimum Gasteiger partial charge on any atom is -0.457 e. The first-order valence-electron chi connectivity index (χ1n) is 7.66. The molecule has 2 rings (SSSR count). The molecule has 26 heavy (non-hydrogen) atoms. The number of hydrazone groups is 1. The lowest BCUT2D eigenvalue weighted by Gasteiger charge is -2.16. The number of nitrogens with two attached hydrogens (primary N) is 1. The Labute approximate surface area is 149 Å². The highest BCUT2D eigenvalue weighted by molar-refractivity contribution is 6.31. The van der Waals surface area contributed by atoms with Gasteiger partial charge >= 0.3 is 6.01 Å². The van der Waals surface area contributed by atoms with Crippen LogP contribution in [0.15, 0.2) is 46.8 Å². The van der Waals surface area contributed by atoms with E-state index in [0.29, 0.717) is 11.3 Å². The minimum atomic E-state index is -2.57. The van der Waals surface area contributed by atoms with Gasteiger partial charge in [0.1, 0.15) is 12.3 Å². The number of benzene rings is 1. The standard InChI is InChI=1S/C17H19F2N5O2/c1-17(2,25)12-7-22-16(23-8-12)26-10-14(24-20)9-21-13-5-3-4-11(6-13)15(18)19/h3-9,15,25H,10,20H2,1-2H3.